The summed E-state index contributed by atoms with van der Waals surface area (Å²) in [5.74, 6) is 1.50. The largest absolute Gasteiger partial charge is 0.455 e. The monoisotopic (exact) mass is 384 g/mol. The standard InChI is InChI=1S/C14H14Br2N2O/c1-2-17-7-10-5-12(9-18-8-10)19-14-4-3-11(15)6-13(14)16/h3-6,8-9,17H,2,7H2,1H3. The van der Waals surface area contributed by atoms with E-state index < -0.39 is 0 Å². The van der Waals surface area contributed by atoms with Gasteiger partial charge in [-0.1, -0.05) is 22.9 Å². The molecule has 1 heterocycles. The van der Waals surface area contributed by atoms with Crippen molar-refractivity contribution in [3.63, 3.8) is 0 Å². The maximum Gasteiger partial charge on any atom is 0.146 e. The molecule has 0 radical (unpaired) electrons. The van der Waals surface area contributed by atoms with Crippen molar-refractivity contribution in [2.75, 3.05) is 6.54 Å². The van der Waals surface area contributed by atoms with Crippen LogP contribution in [0, 0.1) is 0 Å². The van der Waals surface area contributed by atoms with Crippen LogP contribution in [0.5, 0.6) is 11.5 Å². The van der Waals surface area contributed by atoms with E-state index in [0.717, 1.165) is 39.1 Å². The highest BCUT2D eigenvalue weighted by atomic mass is 79.9. The van der Waals surface area contributed by atoms with Crippen molar-refractivity contribution in [3.8, 4) is 11.5 Å². The lowest BCUT2D eigenvalue weighted by Crippen LogP contribution is -2.11. The Morgan fingerprint density at radius 2 is 2.05 bits per heavy atom. The van der Waals surface area contributed by atoms with Crippen LogP contribution in [0.1, 0.15) is 12.5 Å². The molecule has 5 heteroatoms. The zero-order chi connectivity index (χ0) is 13.7. The molecule has 1 N–H and O–H groups in total. The molecule has 0 amide bonds. The van der Waals surface area contributed by atoms with Gasteiger partial charge in [-0.2, -0.15) is 0 Å². The summed E-state index contributed by atoms with van der Waals surface area (Å²) in [4.78, 5) is 4.19. The lowest BCUT2D eigenvalue weighted by molar-refractivity contribution is 0.476. The number of rotatable bonds is 5. The Morgan fingerprint density at radius 1 is 1.21 bits per heavy atom. The Morgan fingerprint density at radius 3 is 2.79 bits per heavy atom. The molecule has 0 aliphatic carbocycles. The van der Waals surface area contributed by atoms with Crippen LogP contribution in [-0.2, 0) is 6.54 Å². The molecule has 0 aliphatic heterocycles. The molecular formula is C14H14Br2N2O. The molecule has 2 rings (SSSR count). The second-order valence-corrected chi connectivity index (χ2v) is 5.76. The highest BCUT2D eigenvalue weighted by Gasteiger charge is 2.04. The van der Waals surface area contributed by atoms with Crippen molar-refractivity contribution < 1.29 is 4.74 Å². The third-order valence-electron chi connectivity index (χ3n) is 2.47. The minimum Gasteiger partial charge on any atom is -0.455 e. The van der Waals surface area contributed by atoms with E-state index in [1.807, 2.05) is 30.5 Å². The van der Waals surface area contributed by atoms with Crippen LogP contribution in [-0.4, -0.2) is 11.5 Å². The maximum absolute atomic E-state index is 5.83. The van der Waals surface area contributed by atoms with Crippen molar-refractivity contribution in [2.24, 2.45) is 0 Å². The number of halogens is 2. The molecule has 0 saturated heterocycles. The molecule has 0 spiro atoms. The van der Waals surface area contributed by atoms with Crippen molar-refractivity contribution in [3.05, 3.63) is 51.2 Å². The number of ether oxygens (including phenoxy) is 1. The summed E-state index contributed by atoms with van der Waals surface area (Å²) in [6.07, 6.45) is 3.55. The van der Waals surface area contributed by atoms with Gasteiger partial charge >= 0.3 is 0 Å². The van der Waals surface area contributed by atoms with Gasteiger partial charge in [0.25, 0.3) is 0 Å². The molecule has 0 atom stereocenters. The van der Waals surface area contributed by atoms with Crippen molar-refractivity contribution in [1.82, 2.24) is 10.3 Å². The molecule has 0 bridgehead atoms. The smallest absolute Gasteiger partial charge is 0.146 e. The molecule has 2 aromatic rings. The van der Waals surface area contributed by atoms with E-state index in [0.29, 0.717) is 0 Å². The second kappa shape index (κ2) is 7.03. The molecule has 1 aromatic heterocycles. The summed E-state index contributed by atoms with van der Waals surface area (Å²) in [5.41, 5.74) is 1.10. The second-order valence-electron chi connectivity index (χ2n) is 3.99. The Hall–Kier alpha value is -0.910. The molecule has 0 saturated carbocycles. The maximum atomic E-state index is 5.83. The lowest BCUT2D eigenvalue weighted by Gasteiger charge is -2.09. The van der Waals surface area contributed by atoms with Gasteiger partial charge in [0, 0.05) is 17.2 Å². The Labute approximate surface area is 129 Å². The van der Waals surface area contributed by atoms with Gasteiger partial charge in [0.2, 0.25) is 0 Å². The van der Waals surface area contributed by atoms with E-state index >= 15 is 0 Å². The molecule has 0 unspecified atom stereocenters. The summed E-state index contributed by atoms with van der Waals surface area (Å²) < 4.78 is 7.73. The van der Waals surface area contributed by atoms with E-state index in [4.69, 9.17) is 4.74 Å². The summed E-state index contributed by atoms with van der Waals surface area (Å²) in [6.45, 7) is 3.80. The van der Waals surface area contributed by atoms with Gasteiger partial charge in [0.15, 0.2) is 0 Å². The molecule has 0 fully saturated rings. The molecule has 0 aliphatic rings. The van der Waals surface area contributed by atoms with Gasteiger partial charge in [-0.15, -0.1) is 0 Å². The van der Waals surface area contributed by atoms with Crippen LogP contribution in [0.15, 0.2) is 45.6 Å². The van der Waals surface area contributed by atoms with E-state index in [1.54, 1.807) is 6.20 Å². The Kier molecular flexibility index (Phi) is 5.36. The molecule has 19 heavy (non-hydrogen) atoms. The number of benzene rings is 1. The zero-order valence-corrected chi connectivity index (χ0v) is 13.7. The fraction of sp³-hybridized carbons (Fsp3) is 0.214. The number of nitrogens with zero attached hydrogens (tertiary/aromatic N) is 1. The van der Waals surface area contributed by atoms with Gasteiger partial charge in [0.1, 0.15) is 11.5 Å². The summed E-state index contributed by atoms with van der Waals surface area (Å²) in [5, 5.41) is 3.26. The van der Waals surface area contributed by atoms with Gasteiger partial charge in [-0.25, -0.2) is 0 Å². The molecule has 1 aromatic carbocycles. The van der Waals surface area contributed by atoms with Gasteiger partial charge in [-0.05, 0) is 52.3 Å². The van der Waals surface area contributed by atoms with Crippen LogP contribution in [0.25, 0.3) is 0 Å². The Bertz CT molecular complexity index is 561. The molecular weight excluding hydrogens is 372 g/mol. The first-order chi connectivity index (χ1) is 9.19. The topological polar surface area (TPSA) is 34.2 Å². The summed E-state index contributed by atoms with van der Waals surface area (Å²) in [6, 6.07) is 7.79. The summed E-state index contributed by atoms with van der Waals surface area (Å²) >= 11 is 6.89. The van der Waals surface area contributed by atoms with Crippen LogP contribution >= 0.6 is 31.9 Å². The van der Waals surface area contributed by atoms with Crippen molar-refractivity contribution in [2.45, 2.75) is 13.5 Å². The van der Waals surface area contributed by atoms with E-state index in [1.165, 1.54) is 0 Å². The van der Waals surface area contributed by atoms with Crippen LogP contribution < -0.4 is 10.1 Å². The van der Waals surface area contributed by atoms with Crippen molar-refractivity contribution >= 4 is 31.9 Å². The quantitative estimate of drug-likeness (QED) is 0.822. The first-order valence-corrected chi connectivity index (χ1v) is 7.55. The van der Waals surface area contributed by atoms with Gasteiger partial charge < -0.3 is 10.1 Å². The van der Waals surface area contributed by atoms with E-state index in [-0.39, 0.29) is 0 Å². The number of pyridine rings is 1. The van der Waals surface area contributed by atoms with Crippen molar-refractivity contribution in [1.29, 1.82) is 0 Å². The van der Waals surface area contributed by atoms with Crippen LogP contribution in [0.2, 0.25) is 0 Å². The minimum absolute atomic E-state index is 0.735. The normalized spacial score (nSPS) is 10.5. The number of hydrogen-bond acceptors (Lipinski definition) is 3. The van der Waals surface area contributed by atoms with E-state index in [2.05, 4.69) is 49.1 Å². The van der Waals surface area contributed by atoms with Gasteiger partial charge in [-0.3, -0.25) is 4.98 Å². The first kappa shape index (κ1) is 14.5. The van der Waals surface area contributed by atoms with Gasteiger partial charge in [0.05, 0.1) is 10.7 Å². The predicted octanol–water partition coefficient (Wildman–Crippen LogP) is 4.51. The highest BCUT2D eigenvalue weighted by Crippen LogP contribution is 2.31. The lowest BCUT2D eigenvalue weighted by atomic mass is 10.2. The predicted molar refractivity (Wildman–Crippen MR) is 83.5 cm³/mol. The number of aromatic nitrogens is 1. The molecule has 3 nitrogen and oxygen atoms in total. The SMILES string of the molecule is CCNCc1cncc(Oc2ccc(Br)cc2Br)c1. The average molecular weight is 386 g/mol. The average Bonchev–Trinajstić information content (AvgIpc) is 2.40. The fourth-order valence-corrected chi connectivity index (χ4v) is 2.70. The molecule has 100 valence electrons. The Balaban J connectivity index is 2.14. The minimum atomic E-state index is 0.735. The van der Waals surface area contributed by atoms with Crippen LogP contribution in [0.3, 0.4) is 0 Å². The third kappa shape index (κ3) is 4.30. The summed E-state index contributed by atoms with van der Waals surface area (Å²) in [7, 11) is 0. The first-order valence-electron chi connectivity index (χ1n) is 5.96. The highest BCUT2D eigenvalue weighted by molar-refractivity contribution is 9.11. The zero-order valence-electron chi connectivity index (χ0n) is 10.5. The number of hydrogen-bond donors (Lipinski definition) is 1. The van der Waals surface area contributed by atoms with Crippen LogP contribution in [0.4, 0.5) is 0 Å². The number of nitrogens with one attached hydrogen (secondary N) is 1. The fourth-order valence-electron chi connectivity index (χ4n) is 1.57. The third-order valence-corrected chi connectivity index (χ3v) is 3.58. The van der Waals surface area contributed by atoms with E-state index in [9.17, 15) is 0 Å².